The predicted molar refractivity (Wildman–Crippen MR) is 134 cm³/mol. The van der Waals surface area contributed by atoms with Gasteiger partial charge >= 0.3 is 11.8 Å². The Morgan fingerprint density at radius 1 is 0.939 bits per heavy atom. The van der Waals surface area contributed by atoms with E-state index in [1.807, 2.05) is 45.3 Å². The van der Waals surface area contributed by atoms with E-state index in [9.17, 15) is 9.59 Å². The first-order valence-electron chi connectivity index (χ1n) is 11.2. The molecule has 0 saturated heterocycles. The molecule has 1 aliphatic rings. The summed E-state index contributed by atoms with van der Waals surface area (Å²) in [6.07, 6.45) is 0.962. The second-order valence-electron chi connectivity index (χ2n) is 8.55. The fourth-order valence-corrected chi connectivity index (χ4v) is 4.25. The van der Waals surface area contributed by atoms with Crippen LogP contribution in [-0.2, 0) is 16.0 Å². The Hall–Kier alpha value is -3.80. The monoisotopic (exact) mass is 442 g/mol. The lowest BCUT2D eigenvalue weighted by Gasteiger charge is -2.31. The number of nitrogens with one attached hydrogen (secondary N) is 2. The van der Waals surface area contributed by atoms with Crippen molar-refractivity contribution < 1.29 is 9.59 Å². The summed E-state index contributed by atoms with van der Waals surface area (Å²) in [6.45, 7) is 3.09. The van der Waals surface area contributed by atoms with Gasteiger partial charge in [0.15, 0.2) is 0 Å². The SMILES string of the molecule is Cc1ccccc1NC(=O)C(=O)NCC(c1ccc(N(C)C)cc1)N1CCc2ccccc21. The van der Waals surface area contributed by atoms with Crippen LogP contribution in [0, 0.1) is 6.92 Å². The zero-order valence-corrected chi connectivity index (χ0v) is 19.3. The van der Waals surface area contributed by atoms with Crippen molar-refractivity contribution in [3.63, 3.8) is 0 Å². The molecule has 170 valence electrons. The Labute approximate surface area is 195 Å². The maximum absolute atomic E-state index is 12.7. The zero-order chi connectivity index (χ0) is 23.4. The topological polar surface area (TPSA) is 64.7 Å². The quantitative estimate of drug-likeness (QED) is 0.568. The third-order valence-electron chi connectivity index (χ3n) is 6.15. The average Bonchev–Trinajstić information content (AvgIpc) is 3.25. The number of carbonyl (C=O) groups excluding carboxylic acids is 2. The maximum atomic E-state index is 12.7. The van der Waals surface area contributed by atoms with Crippen LogP contribution in [0.1, 0.15) is 22.7 Å². The molecule has 33 heavy (non-hydrogen) atoms. The standard InChI is InChI=1S/C27H30N4O2/c1-19-8-4-6-10-23(19)29-27(33)26(32)28-18-25(21-12-14-22(15-13-21)30(2)3)31-17-16-20-9-5-7-11-24(20)31/h4-15,25H,16-18H2,1-3H3,(H,28,32)(H,29,33). The molecule has 2 amide bonds. The molecular weight excluding hydrogens is 412 g/mol. The second-order valence-corrected chi connectivity index (χ2v) is 8.55. The zero-order valence-electron chi connectivity index (χ0n) is 19.3. The van der Waals surface area contributed by atoms with Gasteiger partial charge in [-0.1, -0.05) is 48.5 Å². The number of benzene rings is 3. The highest BCUT2D eigenvalue weighted by atomic mass is 16.2. The van der Waals surface area contributed by atoms with Gasteiger partial charge in [-0.05, 0) is 54.3 Å². The highest BCUT2D eigenvalue weighted by molar-refractivity contribution is 6.39. The van der Waals surface area contributed by atoms with Crippen molar-refractivity contribution in [2.75, 3.05) is 42.3 Å². The molecule has 0 aliphatic carbocycles. The molecule has 1 atom stereocenters. The summed E-state index contributed by atoms with van der Waals surface area (Å²) in [7, 11) is 4.02. The number of carbonyl (C=O) groups is 2. The van der Waals surface area contributed by atoms with E-state index >= 15 is 0 Å². The highest BCUT2D eigenvalue weighted by Crippen LogP contribution is 2.35. The molecule has 0 fully saturated rings. The summed E-state index contributed by atoms with van der Waals surface area (Å²) in [5.74, 6) is -1.30. The van der Waals surface area contributed by atoms with Crippen LogP contribution in [0.5, 0.6) is 0 Å². The third-order valence-corrected chi connectivity index (χ3v) is 6.15. The number of hydrogen-bond acceptors (Lipinski definition) is 4. The molecule has 6 nitrogen and oxygen atoms in total. The van der Waals surface area contributed by atoms with Crippen molar-refractivity contribution in [2.24, 2.45) is 0 Å². The van der Waals surface area contributed by atoms with E-state index in [2.05, 4.69) is 62.9 Å². The van der Waals surface area contributed by atoms with Crippen LogP contribution in [0.3, 0.4) is 0 Å². The van der Waals surface area contributed by atoms with E-state index in [1.165, 1.54) is 11.3 Å². The van der Waals surface area contributed by atoms with Crippen molar-refractivity contribution in [2.45, 2.75) is 19.4 Å². The fraction of sp³-hybridized carbons (Fsp3) is 0.259. The third kappa shape index (κ3) is 5.00. The van der Waals surface area contributed by atoms with Crippen molar-refractivity contribution in [3.8, 4) is 0 Å². The molecule has 2 N–H and O–H groups in total. The van der Waals surface area contributed by atoms with Gasteiger partial charge in [0.1, 0.15) is 0 Å². The molecule has 0 aromatic heterocycles. The molecule has 1 heterocycles. The molecule has 0 bridgehead atoms. The summed E-state index contributed by atoms with van der Waals surface area (Å²) in [5, 5.41) is 5.57. The van der Waals surface area contributed by atoms with E-state index in [-0.39, 0.29) is 6.04 Å². The molecule has 6 heteroatoms. The van der Waals surface area contributed by atoms with Gasteiger partial charge in [0, 0.05) is 44.2 Å². The van der Waals surface area contributed by atoms with Crippen LogP contribution in [0.4, 0.5) is 17.1 Å². The molecule has 3 aromatic carbocycles. The number of anilines is 3. The maximum Gasteiger partial charge on any atom is 0.313 e. The number of fused-ring (bicyclic) bond motifs is 1. The minimum absolute atomic E-state index is 0.0833. The van der Waals surface area contributed by atoms with Gasteiger partial charge in [-0.2, -0.15) is 0 Å². The Kier molecular flexibility index (Phi) is 6.63. The van der Waals surface area contributed by atoms with E-state index < -0.39 is 11.8 Å². The predicted octanol–water partition coefficient (Wildman–Crippen LogP) is 3.92. The summed E-state index contributed by atoms with van der Waals surface area (Å²) in [4.78, 5) is 29.5. The lowest BCUT2D eigenvalue weighted by Crippen LogP contribution is -2.41. The smallest absolute Gasteiger partial charge is 0.313 e. The normalized spacial score (nSPS) is 13.2. The minimum atomic E-state index is -0.659. The molecule has 1 aliphatic heterocycles. The molecule has 0 spiro atoms. The highest BCUT2D eigenvalue weighted by Gasteiger charge is 2.28. The lowest BCUT2D eigenvalue weighted by molar-refractivity contribution is -0.136. The average molecular weight is 443 g/mol. The van der Waals surface area contributed by atoms with Gasteiger partial charge in [-0.15, -0.1) is 0 Å². The Balaban J connectivity index is 1.52. The molecular formula is C27H30N4O2. The first kappa shape index (κ1) is 22.4. The van der Waals surface area contributed by atoms with Crippen LogP contribution in [0.2, 0.25) is 0 Å². The van der Waals surface area contributed by atoms with E-state index in [0.29, 0.717) is 12.2 Å². The van der Waals surface area contributed by atoms with Gasteiger partial charge in [-0.3, -0.25) is 9.59 Å². The number of rotatable bonds is 6. The largest absolute Gasteiger partial charge is 0.378 e. The van der Waals surface area contributed by atoms with Crippen LogP contribution in [0.15, 0.2) is 72.8 Å². The van der Waals surface area contributed by atoms with E-state index in [4.69, 9.17) is 0 Å². The van der Waals surface area contributed by atoms with E-state index in [0.717, 1.165) is 29.8 Å². The minimum Gasteiger partial charge on any atom is -0.378 e. The van der Waals surface area contributed by atoms with Gasteiger partial charge in [0.05, 0.1) is 6.04 Å². The number of amides is 2. The molecule has 4 rings (SSSR count). The van der Waals surface area contributed by atoms with Crippen molar-refractivity contribution >= 4 is 28.9 Å². The summed E-state index contributed by atoms with van der Waals surface area (Å²) >= 11 is 0. The van der Waals surface area contributed by atoms with Crippen LogP contribution >= 0.6 is 0 Å². The van der Waals surface area contributed by atoms with Gasteiger partial charge in [0.25, 0.3) is 0 Å². The van der Waals surface area contributed by atoms with E-state index in [1.54, 1.807) is 6.07 Å². The Bertz CT molecular complexity index is 1140. The second kappa shape index (κ2) is 9.77. The Morgan fingerprint density at radius 2 is 1.64 bits per heavy atom. The van der Waals surface area contributed by atoms with Gasteiger partial charge < -0.3 is 20.4 Å². The summed E-state index contributed by atoms with van der Waals surface area (Å²) < 4.78 is 0. The van der Waals surface area contributed by atoms with Gasteiger partial charge in [-0.25, -0.2) is 0 Å². The fourth-order valence-electron chi connectivity index (χ4n) is 4.25. The summed E-state index contributed by atoms with van der Waals surface area (Å²) in [5.41, 5.74) is 6.24. The molecule has 1 unspecified atom stereocenters. The van der Waals surface area contributed by atoms with Crippen molar-refractivity contribution in [3.05, 3.63) is 89.5 Å². The molecule has 0 radical (unpaired) electrons. The number of hydrogen-bond donors (Lipinski definition) is 2. The van der Waals surface area contributed by atoms with Crippen LogP contribution in [0.25, 0.3) is 0 Å². The number of para-hydroxylation sites is 2. The first-order valence-corrected chi connectivity index (χ1v) is 11.2. The summed E-state index contributed by atoms with van der Waals surface area (Å²) in [6, 6.07) is 24.0. The van der Waals surface area contributed by atoms with Crippen molar-refractivity contribution in [1.82, 2.24) is 5.32 Å². The first-order chi connectivity index (χ1) is 15.9. The number of aryl methyl sites for hydroxylation is 1. The number of nitrogens with zero attached hydrogens (tertiary/aromatic N) is 2. The van der Waals surface area contributed by atoms with Gasteiger partial charge in [0.2, 0.25) is 0 Å². The van der Waals surface area contributed by atoms with Crippen LogP contribution in [-0.4, -0.2) is 39.0 Å². The van der Waals surface area contributed by atoms with Crippen molar-refractivity contribution in [1.29, 1.82) is 0 Å². The lowest BCUT2D eigenvalue weighted by atomic mass is 10.0. The Morgan fingerprint density at radius 3 is 2.36 bits per heavy atom. The molecule has 0 saturated carbocycles. The van der Waals surface area contributed by atoms with Crippen LogP contribution < -0.4 is 20.4 Å². The molecule has 3 aromatic rings.